The average Bonchev–Trinajstić information content (AvgIpc) is 3.17. The Morgan fingerprint density at radius 3 is 2.58 bits per heavy atom. The number of carbonyl (C=O) groups is 3. The Kier molecular flexibility index (Phi) is 8.14. The van der Waals surface area contributed by atoms with E-state index in [0.29, 0.717) is 33.9 Å². The zero-order chi connectivity index (χ0) is 27.2. The molecule has 0 saturated carbocycles. The number of rotatable bonds is 8. The van der Waals surface area contributed by atoms with Crippen LogP contribution in [0.1, 0.15) is 27.8 Å². The summed E-state index contributed by atoms with van der Waals surface area (Å²) in [6, 6.07) is 19.6. The van der Waals surface area contributed by atoms with E-state index in [2.05, 4.69) is 11.4 Å². The fourth-order valence-corrected chi connectivity index (χ4v) is 4.62. The van der Waals surface area contributed by atoms with Gasteiger partial charge in [0.05, 0.1) is 30.2 Å². The topological polar surface area (TPSA) is 109 Å². The maximum absolute atomic E-state index is 12.9. The van der Waals surface area contributed by atoms with E-state index in [4.69, 9.17) is 9.47 Å². The highest BCUT2D eigenvalue weighted by Crippen LogP contribution is 2.35. The molecule has 1 heterocycles. The van der Waals surface area contributed by atoms with Gasteiger partial charge in [0.2, 0.25) is 0 Å². The van der Waals surface area contributed by atoms with Gasteiger partial charge in [0.15, 0.2) is 18.1 Å². The number of benzene rings is 3. The number of thioether (sulfide) groups is 1. The molecule has 38 heavy (non-hydrogen) atoms. The Morgan fingerprint density at radius 1 is 1.05 bits per heavy atom. The molecule has 3 aromatic rings. The molecule has 0 atom stereocenters. The average molecular weight is 528 g/mol. The number of amides is 3. The number of anilines is 1. The summed E-state index contributed by atoms with van der Waals surface area (Å²) in [6.45, 7) is 3.78. The number of methoxy groups -OCH3 is 1. The molecule has 1 N–H and O–H groups in total. The molecule has 3 aromatic carbocycles. The van der Waals surface area contributed by atoms with Gasteiger partial charge in [-0.05, 0) is 84.3 Å². The first-order valence-electron chi connectivity index (χ1n) is 11.7. The molecule has 0 aromatic heterocycles. The third-order valence-electron chi connectivity index (χ3n) is 5.97. The highest BCUT2D eigenvalue weighted by Gasteiger charge is 2.35. The van der Waals surface area contributed by atoms with Crippen LogP contribution >= 0.6 is 11.8 Å². The van der Waals surface area contributed by atoms with E-state index < -0.39 is 11.1 Å². The van der Waals surface area contributed by atoms with Crippen LogP contribution < -0.4 is 14.8 Å². The predicted molar refractivity (Wildman–Crippen MR) is 146 cm³/mol. The number of aryl methyl sites for hydroxylation is 2. The van der Waals surface area contributed by atoms with Crippen molar-refractivity contribution in [1.29, 1.82) is 5.26 Å². The standard InChI is InChI=1S/C29H25N3O5S/c1-18-8-10-23(12-19(18)2)31-27(33)17-37-24-11-9-20(13-25(24)36-3)14-26-28(34)32(29(35)38-26)16-22-7-5-4-6-21(22)15-30/h4-14H,16-17H2,1-3H3,(H,31,33)/b26-14+. The zero-order valence-electron chi connectivity index (χ0n) is 21.1. The second-order valence-corrected chi connectivity index (χ2v) is 9.58. The van der Waals surface area contributed by atoms with Gasteiger partial charge in [-0.2, -0.15) is 5.26 Å². The second kappa shape index (κ2) is 11.7. The van der Waals surface area contributed by atoms with E-state index >= 15 is 0 Å². The highest BCUT2D eigenvalue weighted by molar-refractivity contribution is 8.18. The number of nitriles is 1. The lowest BCUT2D eigenvalue weighted by Crippen LogP contribution is -2.27. The van der Waals surface area contributed by atoms with Crippen LogP contribution in [0.3, 0.4) is 0 Å². The third kappa shape index (κ3) is 6.05. The van der Waals surface area contributed by atoms with Crippen molar-refractivity contribution >= 4 is 40.6 Å². The molecule has 1 saturated heterocycles. The smallest absolute Gasteiger partial charge is 0.293 e. The highest BCUT2D eigenvalue weighted by atomic mass is 32.2. The van der Waals surface area contributed by atoms with E-state index in [1.807, 2.05) is 32.0 Å². The van der Waals surface area contributed by atoms with Crippen LogP contribution in [0, 0.1) is 25.2 Å². The molecule has 3 amide bonds. The van der Waals surface area contributed by atoms with E-state index in [1.165, 1.54) is 7.11 Å². The zero-order valence-corrected chi connectivity index (χ0v) is 21.9. The van der Waals surface area contributed by atoms with Crippen molar-refractivity contribution in [2.75, 3.05) is 19.0 Å². The Hall–Kier alpha value is -4.55. The molecule has 0 radical (unpaired) electrons. The minimum absolute atomic E-state index is 0.0199. The third-order valence-corrected chi connectivity index (χ3v) is 6.88. The molecule has 0 aliphatic carbocycles. The van der Waals surface area contributed by atoms with Gasteiger partial charge in [0.1, 0.15) is 0 Å². The number of imide groups is 1. The summed E-state index contributed by atoms with van der Waals surface area (Å²) >= 11 is 0.834. The number of carbonyl (C=O) groups excluding carboxylic acids is 3. The normalized spacial score (nSPS) is 13.9. The summed E-state index contributed by atoms with van der Waals surface area (Å²) in [5, 5.41) is 11.7. The van der Waals surface area contributed by atoms with Gasteiger partial charge in [-0.1, -0.05) is 30.3 Å². The van der Waals surface area contributed by atoms with Gasteiger partial charge in [-0.15, -0.1) is 0 Å². The van der Waals surface area contributed by atoms with Crippen LogP contribution in [-0.4, -0.2) is 35.7 Å². The number of nitrogens with one attached hydrogen (secondary N) is 1. The fourth-order valence-electron chi connectivity index (χ4n) is 3.78. The Bertz CT molecular complexity index is 1490. The van der Waals surface area contributed by atoms with E-state index in [1.54, 1.807) is 48.5 Å². The van der Waals surface area contributed by atoms with Crippen LogP contribution in [0.15, 0.2) is 65.6 Å². The lowest BCUT2D eigenvalue weighted by atomic mass is 10.1. The minimum Gasteiger partial charge on any atom is -0.493 e. The van der Waals surface area contributed by atoms with Crippen LogP contribution in [0.25, 0.3) is 6.08 Å². The van der Waals surface area contributed by atoms with Crippen molar-refractivity contribution < 1.29 is 23.9 Å². The van der Waals surface area contributed by atoms with Crippen molar-refractivity contribution in [3.63, 3.8) is 0 Å². The largest absolute Gasteiger partial charge is 0.493 e. The molecule has 1 fully saturated rings. The Labute approximate surface area is 224 Å². The molecule has 4 rings (SSSR count). The molecular formula is C29H25N3O5S. The number of ether oxygens (including phenoxy) is 2. The van der Waals surface area contributed by atoms with Gasteiger partial charge >= 0.3 is 0 Å². The molecule has 0 bridgehead atoms. The summed E-state index contributed by atoms with van der Waals surface area (Å²) in [5.74, 6) is -0.0120. The monoisotopic (exact) mass is 527 g/mol. The Morgan fingerprint density at radius 2 is 1.84 bits per heavy atom. The van der Waals surface area contributed by atoms with Crippen molar-refractivity contribution in [3.05, 3.63) is 93.4 Å². The molecule has 0 spiro atoms. The van der Waals surface area contributed by atoms with Crippen molar-refractivity contribution in [2.24, 2.45) is 0 Å². The first kappa shape index (κ1) is 26.5. The number of hydrogen-bond donors (Lipinski definition) is 1. The lowest BCUT2D eigenvalue weighted by molar-refractivity contribution is -0.123. The molecule has 1 aliphatic rings. The summed E-state index contributed by atoms with van der Waals surface area (Å²) in [6.07, 6.45) is 1.60. The molecule has 8 nitrogen and oxygen atoms in total. The summed E-state index contributed by atoms with van der Waals surface area (Å²) < 4.78 is 11.1. The first-order chi connectivity index (χ1) is 18.3. The van der Waals surface area contributed by atoms with Crippen molar-refractivity contribution in [3.8, 4) is 17.6 Å². The van der Waals surface area contributed by atoms with E-state index in [0.717, 1.165) is 27.8 Å². The molecule has 1 aliphatic heterocycles. The lowest BCUT2D eigenvalue weighted by Gasteiger charge is -2.13. The second-order valence-electron chi connectivity index (χ2n) is 8.58. The fraction of sp³-hybridized carbons (Fsp3) is 0.172. The predicted octanol–water partition coefficient (Wildman–Crippen LogP) is 5.44. The molecule has 0 unspecified atom stereocenters. The quantitative estimate of drug-likeness (QED) is 0.389. The molecule has 9 heteroatoms. The van der Waals surface area contributed by atoms with Gasteiger partial charge in [-0.3, -0.25) is 19.3 Å². The van der Waals surface area contributed by atoms with Gasteiger partial charge in [-0.25, -0.2) is 0 Å². The van der Waals surface area contributed by atoms with Crippen molar-refractivity contribution in [2.45, 2.75) is 20.4 Å². The molecule has 192 valence electrons. The Balaban J connectivity index is 1.43. The maximum atomic E-state index is 12.9. The van der Waals surface area contributed by atoms with E-state index in [-0.39, 0.29) is 24.0 Å². The number of nitrogens with zero attached hydrogens (tertiary/aromatic N) is 2. The summed E-state index contributed by atoms with van der Waals surface area (Å²) in [5.41, 5.74) is 4.54. The molecular weight excluding hydrogens is 502 g/mol. The van der Waals surface area contributed by atoms with Crippen LogP contribution in [0.2, 0.25) is 0 Å². The first-order valence-corrected chi connectivity index (χ1v) is 12.5. The SMILES string of the molecule is COc1cc(/C=C2/SC(=O)N(Cc3ccccc3C#N)C2=O)ccc1OCC(=O)Nc1ccc(C)c(C)c1. The van der Waals surface area contributed by atoms with Crippen molar-refractivity contribution in [1.82, 2.24) is 4.90 Å². The number of hydrogen-bond acceptors (Lipinski definition) is 7. The maximum Gasteiger partial charge on any atom is 0.293 e. The minimum atomic E-state index is -0.435. The van der Waals surface area contributed by atoms with E-state index in [9.17, 15) is 19.6 Å². The van der Waals surface area contributed by atoms with Gasteiger partial charge < -0.3 is 14.8 Å². The van der Waals surface area contributed by atoms with Crippen LogP contribution in [-0.2, 0) is 16.1 Å². The summed E-state index contributed by atoms with van der Waals surface area (Å²) in [7, 11) is 1.47. The van der Waals surface area contributed by atoms with Crippen LogP contribution in [0.5, 0.6) is 11.5 Å². The summed E-state index contributed by atoms with van der Waals surface area (Å²) in [4.78, 5) is 39.2. The van der Waals surface area contributed by atoms with Crippen LogP contribution in [0.4, 0.5) is 10.5 Å². The van der Waals surface area contributed by atoms with Gasteiger partial charge in [0.25, 0.3) is 17.1 Å². The van der Waals surface area contributed by atoms with Gasteiger partial charge in [0, 0.05) is 5.69 Å².